The van der Waals surface area contributed by atoms with Crippen LogP contribution in [0.4, 0.5) is 5.69 Å². The molecule has 18 heavy (non-hydrogen) atoms. The zero-order chi connectivity index (χ0) is 12.4. The number of hydrogen-bond donors (Lipinski definition) is 2. The summed E-state index contributed by atoms with van der Waals surface area (Å²) in [7, 11) is 0. The van der Waals surface area contributed by atoms with Crippen LogP contribution in [0.15, 0.2) is 49.1 Å². The second-order valence-electron chi connectivity index (χ2n) is 3.84. The largest absolute Gasteiger partial charge is 0.321 e. The van der Waals surface area contributed by atoms with Gasteiger partial charge < -0.3 is 5.32 Å². The molecule has 1 aromatic carbocycles. The Labute approximate surface area is 103 Å². The summed E-state index contributed by atoms with van der Waals surface area (Å²) in [4.78, 5) is 16.0. The van der Waals surface area contributed by atoms with E-state index in [-0.39, 0.29) is 5.91 Å². The lowest BCUT2D eigenvalue weighted by Gasteiger charge is -2.07. The van der Waals surface area contributed by atoms with E-state index in [1.165, 1.54) is 6.20 Å². The second-order valence-corrected chi connectivity index (χ2v) is 3.84. The van der Waals surface area contributed by atoms with E-state index in [1.807, 2.05) is 24.3 Å². The van der Waals surface area contributed by atoms with Crippen LogP contribution < -0.4 is 5.32 Å². The van der Waals surface area contributed by atoms with Crippen LogP contribution in [-0.4, -0.2) is 21.1 Å². The highest BCUT2D eigenvalue weighted by atomic mass is 16.1. The molecule has 0 bridgehead atoms. The Morgan fingerprint density at radius 3 is 3.00 bits per heavy atom. The maximum absolute atomic E-state index is 11.9. The highest BCUT2D eigenvalue weighted by Gasteiger charge is 2.08. The zero-order valence-electron chi connectivity index (χ0n) is 9.42. The maximum atomic E-state index is 11.9. The molecule has 0 atom stereocenters. The molecule has 0 aliphatic heterocycles. The van der Waals surface area contributed by atoms with Crippen molar-refractivity contribution in [3.05, 3.63) is 54.6 Å². The highest BCUT2D eigenvalue weighted by Crippen LogP contribution is 2.22. The summed E-state index contributed by atoms with van der Waals surface area (Å²) < 4.78 is 0. The Bertz CT molecular complexity index is 686. The molecule has 0 unspecified atom stereocenters. The molecule has 0 fully saturated rings. The first-order valence-electron chi connectivity index (χ1n) is 5.47. The average molecular weight is 238 g/mol. The summed E-state index contributed by atoms with van der Waals surface area (Å²) >= 11 is 0. The Morgan fingerprint density at radius 2 is 2.17 bits per heavy atom. The summed E-state index contributed by atoms with van der Waals surface area (Å²) in [6, 6.07) is 7.57. The number of benzene rings is 1. The molecular formula is C13H10N4O. The lowest BCUT2D eigenvalue weighted by Crippen LogP contribution is -2.11. The van der Waals surface area contributed by atoms with E-state index in [2.05, 4.69) is 20.5 Å². The van der Waals surface area contributed by atoms with Crippen LogP contribution in [0.2, 0.25) is 0 Å². The monoisotopic (exact) mass is 238 g/mol. The van der Waals surface area contributed by atoms with Crippen LogP contribution >= 0.6 is 0 Å². The van der Waals surface area contributed by atoms with Gasteiger partial charge in [-0.15, -0.1) is 0 Å². The number of rotatable bonds is 2. The highest BCUT2D eigenvalue weighted by molar-refractivity contribution is 6.08. The van der Waals surface area contributed by atoms with Crippen LogP contribution in [0.3, 0.4) is 0 Å². The summed E-state index contributed by atoms with van der Waals surface area (Å²) in [5.74, 6) is -0.187. The fourth-order valence-electron chi connectivity index (χ4n) is 1.80. The van der Waals surface area contributed by atoms with E-state index < -0.39 is 0 Å². The summed E-state index contributed by atoms with van der Waals surface area (Å²) in [6.45, 7) is 0. The molecular weight excluding hydrogens is 228 g/mol. The van der Waals surface area contributed by atoms with Crippen LogP contribution in [-0.2, 0) is 0 Å². The zero-order valence-corrected chi connectivity index (χ0v) is 9.42. The van der Waals surface area contributed by atoms with Gasteiger partial charge in [-0.1, -0.05) is 12.1 Å². The van der Waals surface area contributed by atoms with Crippen LogP contribution in [0.5, 0.6) is 0 Å². The molecule has 2 aromatic heterocycles. The number of aromatic nitrogens is 3. The number of pyridine rings is 1. The van der Waals surface area contributed by atoms with Crippen molar-refractivity contribution in [3.8, 4) is 0 Å². The number of fused-ring (bicyclic) bond motifs is 1. The molecule has 0 radical (unpaired) electrons. The molecule has 88 valence electrons. The van der Waals surface area contributed by atoms with Crippen molar-refractivity contribution in [1.29, 1.82) is 0 Å². The fourth-order valence-corrected chi connectivity index (χ4v) is 1.80. The molecule has 3 aromatic rings. The number of anilines is 1. The van der Waals surface area contributed by atoms with E-state index in [0.29, 0.717) is 5.56 Å². The molecule has 0 spiro atoms. The van der Waals surface area contributed by atoms with E-state index in [4.69, 9.17) is 0 Å². The van der Waals surface area contributed by atoms with Crippen LogP contribution in [0, 0.1) is 0 Å². The third-order valence-electron chi connectivity index (χ3n) is 2.69. The maximum Gasteiger partial charge on any atom is 0.258 e. The van der Waals surface area contributed by atoms with Gasteiger partial charge >= 0.3 is 0 Å². The minimum Gasteiger partial charge on any atom is -0.321 e. The van der Waals surface area contributed by atoms with Gasteiger partial charge in [0, 0.05) is 35.1 Å². The van der Waals surface area contributed by atoms with E-state index >= 15 is 0 Å². The molecule has 0 saturated carbocycles. The molecule has 5 nitrogen and oxygen atoms in total. The summed E-state index contributed by atoms with van der Waals surface area (Å²) in [6.07, 6.45) is 6.52. The number of nitrogens with one attached hydrogen (secondary N) is 2. The number of nitrogens with zero attached hydrogens (tertiary/aromatic N) is 2. The number of amides is 1. The first-order chi connectivity index (χ1) is 8.84. The van der Waals surface area contributed by atoms with Gasteiger partial charge in [-0.25, -0.2) is 0 Å². The molecule has 0 aliphatic carbocycles. The second kappa shape index (κ2) is 4.29. The SMILES string of the molecule is O=C(Nc1cccc2cnccc12)c1cn[nH]c1. The first-order valence-corrected chi connectivity index (χ1v) is 5.47. The van der Waals surface area contributed by atoms with Gasteiger partial charge in [-0.3, -0.25) is 14.9 Å². The van der Waals surface area contributed by atoms with E-state index in [9.17, 15) is 4.79 Å². The van der Waals surface area contributed by atoms with Crippen molar-refractivity contribution < 1.29 is 4.79 Å². The Morgan fingerprint density at radius 1 is 1.22 bits per heavy atom. The third-order valence-corrected chi connectivity index (χ3v) is 2.69. The van der Waals surface area contributed by atoms with Crippen molar-refractivity contribution in [2.75, 3.05) is 5.32 Å². The van der Waals surface area contributed by atoms with Crippen molar-refractivity contribution in [3.63, 3.8) is 0 Å². The number of hydrogen-bond acceptors (Lipinski definition) is 3. The molecule has 5 heteroatoms. The smallest absolute Gasteiger partial charge is 0.258 e. The van der Waals surface area contributed by atoms with E-state index in [1.54, 1.807) is 18.6 Å². The lowest BCUT2D eigenvalue weighted by molar-refractivity contribution is 0.102. The predicted octanol–water partition coefficient (Wildman–Crippen LogP) is 2.21. The Balaban J connectivity index is 1.98. The third kappa shape index (κ3) is 1.82. The van der Waals surface area contributed by atoms with Crippen molar-refractivity contribution in [2.24, 2.45) is 0 Å². The van der Waals surface area contributed by atoms with E-state index in [0.717, 1.165) is 16.5 Å². The molecule has 2 N–H and O–H groups in total. The molecule has 1 amide bonds. The Hall–Kier alpha value is -2.69. The first kappa shape index (κ1) is 10.5. The van der Waals surface area contributed by atoms with Crippen LogP contribution in [0.1, 0.15) is 10.4 Å². The molecule has 0 aliphatic rings. The standard InChI is InChI=1S/C13H10N4O/c18-13(10-7-15-16-8-10)17-12-3-1-2-9-6-14-5-4-11(9)12/h1-8H,(H,15,16)(H,17,18). The minimum absolute atomic E-state index is 0.187. The van der Waals surface area contributed by atoms with Crippen molar-refractivity contribution in [1.82, 2.24) is 15.2 Å². The summed E-state index contributed by atoms with van der Waals surface area (Å²) in [5.41, 5.74) is 1.27. The number of aromatic amines is 1. The van der Waals surface area contributed by atoms with Gasteiger partial charge in [0.05, 0.1) is 11.8 Å². The molecule has 0 saturated heterocycles. The fraction of sp³-hybridized carbons (Fsp3) is 0. The van der Waals surface area contributed by atoms with Crippen molar-refractivity contribution >= 4 is 22.4 Å². The van der Waals surface area contributed by atoms with Crippen molar-refractivity contribution in [2.45, 2.75) is 0 Å². The normalized spacial score (nSPS) is 10.4. The number of carbonyl (C=O) groups is 1. The number of carbonyl (C=O) groups excluding carboxylic acids is 1. The minimum atomic E-state index is -0.187. The topological polar surface area (TPSA) is 70.7 Å². The van der Waals surface area contributed by atoms with Gasteiger partial charge in [-0.05, 0) is 12.1 Å². The van der Waals surface area contributed by atoms with Gasteiger partial charge in [0.1, 0.15) is 0 Å². The average Bonchev–Trinajstić information content (AvgIpc) is 2.93. The Kier molecular flexibility index (Phi) is 2.49. The number of H-pyrrole nitrogens is 1. The van der Waals surface area contributed by atoms with Crippen LogP contribution in [0.25, 0.3) is 10.8 Å². The van der Waals surface area contributed by atoms with Gasteiger partial charge in [0.15, 0.2) is 0 Å². The van der Waals surface area contributed by atoms with Gasteiger partial charge in [0.25, 0.3) is 5.91 Å². The molecule has 3 rings (SSSR count). The molecule has 2 heterocycles. The predicted molar refractivity (Wildman–Crippen MR) is 68.3 cm³/mol. The lowest BCUT2D eigenvalue weighted by atomic mass is 10.1. The quantitative estimate of drug-likeness (QED) is 0.719. The van der Waals surface area contributed by atoms with Gasteiger partial charge in [-0.2, -0.15) is 5.10 Å². The van der Waals surface area contributed by atoms with Gasteiger partial charge in [0.2, 0.25) is 0 Å². The summed E-state index contributed by atoms with van der Waals surface area (Å²) in [5, 5.41) is 11.2.